The lowest BCUT2D eigenvalue weighted by molar-refractivity contribution is -0.383. The fourth-order valence-corrected chi connectivity index (χ4v) is 3.89. The topological polar surface area (TPSA) is 88.0 Å². The van der Waals surface area contributed by atoms with Gasteiger partial charge in [0.2, 0.25) is 0 Å². The Morgan fingerprint density at radius 1 is 1.12 bits per heavy atom. The molecule has 3 rings (SSSR count). The van der Waals surface area contributed by atoms with E-state index in [-0.39, 0.29) is 16.7 Å². The Labute approximate surface area is 195 Å². The number of carbonyl (C=O) groups is 1. The van der Waals surface area contributed by atoms with E-state index in [1.165, 1.54) is 11.1 Å². The van der Waals surface area contributed by atoms with Crippen molar-refractivity contribution < 1.29 is 14.5 Å². The standard InChI is InChI=1S/C25H34N4O4/c1-19-8-5-6-9-20(19)10-7-13-26-22-18-21(11-12-23(22)29(31)32)27-14-16-28(17-15-27)24(30)33-25(2,3)4/h5-6,8-9,11-12,18,26H,7,10,13-17H2,1-4H3. The third kappa shape index (κ3) is 6.84. The molecule has 8 nitrogen and oxygen atoms in total. The third-order valence-electron chi connectivity index (χ3n) is 5.67. The van der Waals surface area contributed by atoms with E-state index in [4.69, 9.17) is 4.74 Å². The van der Waals surface area contributed by atoms with Gasteiger partial charge in [-0.15, -0.1) is 0 Å². The van der Waals surface area contributed by atoms with Crippen molar-refractivity contribution in [1.82, 2.24) is 4.90 Å². The van der Waals surface area contributed by atoms with E-state index < -0.39 is 5.60 Å². The highest BCUT2D eigenvalue weighted by molar-refractivity contribution is 5.71. The first kappa shape index (κ1) is 24.4. The molecule has 0 unspecified atom stereocenters. The van der Waals surface area contributed by atoms with Crippen molar-refractivity contribution >= 4 is 23.2 Å². The van der Waals surface area contributed by atoms with Crippen molar-refractivity contribution in [2.24, 2.45) is 0 Å². The maximum atomic E-state index is 12.3. The second-order valence-corrected chi connectivity index (χ2v) is 9.37. The van der Waals surface area contributed by atoms with Gasteiger partial charge in [0.15, 0.2) is 0 Å². The molecule has 0 spiro atoms. The number of aryl methyl sites for hydroxylation is 2. The number of nitrogens with zero attached hydrogens (tertiary/aromatic N) is 3. The number of nitrogens with one attached hydrogen (secondary N) is 1. The van der Waals surface area contributed by atoms with Crippen LogP contribution in [0.2, 0.25) is 0 Å². The van der Waals surface area contributed by atoms with Crippen LogP contribution in [0.15, 0.2) is 42.5 Å². The van der Waals surface area contributed by atoms with Gasteiger partial charge in [0.05, 0.1) is 4.92 Å². The lowest BCUT2D eigenvalue weighted by Gasteiger charge is -2.36. The van der Waals surface area contributed by atoms with Gasteiger partial charge in [-0.3, -0.25) is 10.1 Å². The van der Waals surface area contributed by atoms with Gasteiger partial charge in [-0.1, -0.05) is 24.3 Å². The molecule has 0 aromatic heterocycles. The molecule has 0 saturated carbocycles. The van der Waals surface area contributed by atoms with Gasteiger partial charge >= 0.3 is 6.09 Å². The van der Waals surface area contributed by atoms with Crippen molar-refractivity contribution in [3.05, 3.63) is 63.7 Å². The summed E-state index contributed by atoms with van der Waals surface area (Å²) in [6.45, 7) is 10.7. The summed E-state index contributed by atoms with van der Waals surface area (Å²) in [5, 5.41) is 14.8. The SMILES string of the molecule is Cc1ccccc1CCCNc1cc(N2CCN(C(=O)OC(C)(C)C)CC2)ccc1[N+](=O)[O-]. The first-order valence-corrected chi connectivity index (χ1v) is 11.4. The highest BCUT2D eigenvalue weighted by atomic mass is 16.6. The van der Waals surface area contributed by atoms with Crippen LogP contribution < -0.4 is 10.2 Å². The van der Waals surface area contributed by atoms with Crippen molar-refractivity contribution in [3.8, 4) is 0 Å². The Morgan fingerprint density at radius 3 is 2.45 bits per heavy atom. The average Bonchev–Trinajstić information content (AvgIpc) is 2.76. The summed E-state index contributed by atoms with van der Waals surface area (Å²) in [5.74, 6) is 0. The molecule has 0 radical (unpaired) electrons. The maximum absolute atomic E-state index is 12.3. The van der Waals surface area contributed by atoms with Crippen molar-refractivity contribution in [2.45, 2.75) is 46.1 Å². The zero-order chi connectivity index (χ0) is 24.0. The molecule has 2 aromatic carbocycles. The third-order valence-corrected chi connectivity index (χ3v) is 5.67. The summed E-state index contributed by atoms with van der Waals surface area (Å²) in [7, 11) is 0. The lowest BCUT2D eigenvalue weighted by Crippen LogP contribution is -2.50. The number of benzene rings is 2. The predicted molar refractivity (Wildman–Crippen MR) is 131 cm³/mol. The number of amides is 1. The highest BCUT2D eigenvalue weighted by Crippen LogP contribution is 2.30. The molecule has 0 aliphatic carbocycles. The molecular formula is C25H34N4O4. The molecular weight excluding hydrogens is 420 g/mol. The molecule has 1 N–H and O–H groups in total. The van der Waals surface area contributed by atoms with E-state index in [0.717, 1.165) is 18.5 Å². The van der Waals surface area contributed by atoms with Crippen molar-refractivity contribution in [1.29, 1.82) is 0 Å². The number of hydrogen-bond acceptors (Lipinski definition) is 6. The molecule has 1 saturated heterocycles. The quantitative estimate of drug-likeness (QED) is 0.360. The highest BCUT2D eigenvalue weighted by Gasteiger charge is 2.26. The minimum atomic E-state index is -0.521. The second kappa shape index (κ2) is 10.6. The lowest BCUT2D eigenvalue weighted by atomic mass is 10.0. The van der Waals surface area contributed by atoms with E-state index in [9.17, 15) is 14.9 Å². The first-order chi connectivity index (χ1) is 15.6. The smallest absolute Gasteiger partial charge is 0.410 e. The Morgan fingerprint density at radius 2 is 1.82 bits per heavy atom. The summed E-state index contributed by atoms with van der Waals surface area (Å²) >= 11 is 0. The van der Waals surface area contributed by atoms with Crippen LogP contribution in [0.25, 0.3) is 0 Å². The average molecular weight is 455 g/mol. The van der Waals surface area contributed by atoms with Crippen LogP contribution >= 0.6 is 0 Å². The van der Waals surface area contributed by atoms with E-state index in [1.807, 2.05) is 39.0 Å². The minimum absolute atomic E-state index is 0.0713. The number of nitro benzene ring substituents is 1. The van der Waals surface area contributed by atoms with Gasteiger partial charge in [-0.25, -0.2) is 4.79 Å². The van der Waals surface area contributed by atoms with Gasteiger partial charge in [0.1, 0.15) is 11.3 Å². The molecule has 8 heteroatoms. The molecule has 1 aliphatic rings. The Kier molecular flexibility index (Phi) is 7.79. The van der Waals surface area contributed by atoms with Crippen molar-refractivity contribution in [2.75, 3.05) is 42.9 Å². The monoisotopic (exact) mass is 454 g/mol. The van der Waals surface area contributed by atoms with Crippen LogP contribution in [0.1, 0.15) is 38.3 Å². The Balaban J connectivity index is 1.60. The largest absolute Gasteiger partial charge is 0.444 e. The summed E-state index contributed by atoms with van der Waals surface area (Å²) in [6.07, 6.45) is 1.49. The van der Waals surface area contributed by atoms with Crippen LogP contribution in [-0.4, -0.2) is 54.2 Å². The van der Waals surface area contributed by atoms with Gasteiger partial charge in [-0.2, -0.15) is 0 Å². The zero-order valence-electron chi connectivity index (χ0n) is 20.0. The van der Waals surface area contributed by atoms with E-state index >= 15 is 0 Å². The minimum Gasteiger partial charge on any atom is -0.444 e. The van der Waals surface area contributed by atoms with E-state index in [1.54, 1.807) is 17.0 Å². The molecule has 1 heterocycles. The fourth-order valence-electron chi connectivity index (χ4n) is 3.89. The zero-order valence-corrected chi connectivity index (χ0v) is 20.0. The summed E-state index contributed by atoms with van der Waals surface area (Å²) in [4.78, 5) is 27.3. The van der Waals surface area contributed by atoms with Crippen LogP contribution in [0.5, 0.6) is 0 Å². The van der Waals surface area contributed by atoms with Crippen LogP contribution in [0.3, 0.4) is 0 Å². The van der Waals surface area contributed by atoms with Gasteiger partial charge < -0.3 is 19.9 Å². The van der Waals surface area contributed by atoms with E-state index in [0.29, 0.717) is 38.4 Å². The molecule has 178 valence electrons. The normalized spacial score (nSPS) is 14.2. The van der Waals surface area contributed by atoms with Crippen LogP contribution in [-0.2, 0) is 11.2 Å². The van der Waals surface area contributed by atoms with Gasteiger partial charge in [-0.05, 0) is 63.8 Å². The number of hydrogen-bond donors (Lipinski definition) is 1. The second-order valence-electron chi connectivity index (χ2n) is 9.37. The van der Waals surface area contributed by atoms with Gasteiger partial charge in [0, 0.05) is 44.5 Å². The number of carbonyl (C=O) groups excluding carboxylic acids is 1. The number of piperazine rings is 1. The Hall–Kier alpha value is -3.29. The number of rotatable bonds is 7. The van der Waals surface area contributed by atoms with Gasteiger partial charge in [0.25, 0.3) is 5.69 Å². The Bertz CT molecular complexity index is 979. The van der Waals surface area contributed by atoms with Crippen LogP contribution in [0, 0.1) is 17.0 Å². The molecule has 0 atom stereocenters. The fraction of sp³-hybridized carbons (Fsp3) is 0.480. The first-order valence-electron chi connectivity index (χ1n) is 11.4. The predicted octanol–water partition coefficient (Wildman–Crippen LogP) is 5.01. The number of ether oxygens (including phenoxy) is 1. The summed E-state index contributed by atoms with van der Waals surface area (Å²) in [5.41, 5.74) is 3.54. The van der Waals surface area contributed by atoms with E-state index in [2.05, 4.69) is 29.3 Å². The molecule has 1 fully saturated rings. The molecule has 0 bridgehead atoms. The maximum Gasteiger partial charge on any atom is 0.410 e. The summed E-state index contributed by atoms with van der Waals surface area (Å²) in [6, 6.07) is 13.5. The molecule has 33 heavy (non-hydrogen) atoms. The molecule has 1 amide bonds. The van der Waals surface area contributed by atoms with Crippen molar-refractivity contribution in [3.63, 3.8) is 0 Å². The summed E-state index contributed by atoms with van der Waals surface area (Å²) < 4.78 is 5.46. The number of anilines is 2. The van der Waals surface area contributed by atoms with Crippen LogP contribution in [0.4, 0.5) is 21.9 Å². The molecule has 1 aliphatic heterocycles. The number of nitro groups is 1. The molecule has 2 aromatic rings.